The summed E-state index contributed by atoms with van der Waals surface area (Å²) in [7, 11) is 0. The van der Waals surface area contributed by atoms with E-state index in [2.05, 4.69) is 34.1 Å². The summed E-state index contributed by atoms with van der Waals surface area (Å²) in [6, 6.07) is 7.53. The van der Waals surface area contributed by atoms with Crippen LogP contribution in [0.15, 0.2) is 40.5 Å². The van der Waals surface area contributed by atoms with Gasteiger partial charge in [0.1, 0.15) is 5.82 Å². The second-order valence-corrected chi connectivity index (χ2v) is 9.03. The zero-order valence-corrected chi connectivity index (χ0v) is 17.8. The molecule has 0 atom stereocenters. The van der Waals surface area contributed by atoms with E-state index in [4.69, 9.17) is 5.41 Å². The molecule has 1 amide bonds. The molecular weight excluding hydrogens is 392 g/mol. The summed E-state index contributed by atoms with van der Waals surface area (Å²) in [6.45, 7) is 7.68. The lowest BCUT2D eigenvalue weighted by Crippen LogP contribution is -2.16. The Balaban J connectivity index is 1.93. The number of amides is 1. The van der Waals surface area contributed by atoms with Crippen molar-refractivity contribution in [3.8, 4) is 5.95 Å². The van der Waals surface area contributed by atoms with Crippen molar-refractivity contribution >= 4 is 34.7 Å². The average molecular weight is 415 g/mol. The fourth-order valence-corrected chi connectivity index (χ4v) is 3.99. The predicted octanol–water partition coefficient (Wildman–Crippen LogP) is 3.82. The molecule has 3 aromatic rings. The van der Waals surface area contributed by atoms with Crippen molar-refractivity contribution in [1.82, 2.24) is 19.5 Å². The first kappa shape index (κ1) is 20.2. The van der Waals surface area contributed by atoms with Crippen LogP contribution in [-0.2, 0) is 11.2 Å². The van der Waals surface area contributed by atoms with Crippen LogP contribution >= 0.6 is 23.1 Å². The molecule has 0 aliphatic carbocycles. The van der Waals surface area contributed by atoms with Gasteiger partial charge in [0.2, 0.25) is 11.9 Å². The van der Waals surface area contributed by atoms with Crippen LogP contribution in [0.1, 0.15) is 31.5 Å². The molecule has 0 saturated carbocycles. The SMILES string of the molecule is CC(=O)Nc1ccc(Sc2nc(CC(C)C)nc(-n3cc(C)sc3=N)n2)cc1. The predicted molar refractivity (Wildman–Crippen MR) is 111 cm³/mol. The van der Waals surface area contributed by atoms with Gasteiger partial charge in [0.15, 0.2) is 9.96 Å². The van der Waals surface area contributed by atoms with Crippen molar-refractivity contribution in [3.05, 3.63) is 46.0 Å². The highest BCUT2D eigenvalue weighted by molar-refractivity contribution is 7.99. The fourth-order valence-electron chi connectivity index (χ4n) is 2.53. The summed E-state index contributed by atoms with van der Waals surface area (Å²) in [5, 5.41) is 11.5. The van der Waals surface area contributed by atoms with E-state index in [-0.39, 0.29) is 5.91 Å². The summed E-state index contributed by atoms with van der Waals surface area (Å²) in [5.41, 5.74) is 0.747. The highest BCUT2D eigenvalue weighted by Crippen LogP contribution is 2.26. The second-order valence-electron chi connectivity index (χ2n) is 6.76. The van der Waals surface area contributed by atoms with Crippen molar-refractivity contribution in [2.45, 2.75) is 44.2 Å². The molecule has 7 nitrogen and oxygen atoms in total. The van der Waals surface area contributed by atoms with E-state index in [1.54, 1.807) is 4.57 Å². The van der Waals surface area contributed by atoms with Gasteiger partial charge in [-0.05, 0) is 48.9 Å². The molecule has 0 radical (unpaired) electrons. The van der Waals surface area contributed by atoms with Crippen LogP contribution < -0.4 is 10.1 Å². The monoisotopic (exact) mass is 414 g/mol. The van der Waals surface area contributed by atoms with Crippen molar-refractivity contribution < 1.29 is 4.79 Å². The fraction of sp³-hybridized carbons (Fsp3) is 0.316. The number of thiazole rings is 1. The van der Waals surface area contributed by atoms with Crippen LogP contribution in [0.3, 0.4) is 0 Å². The summed E-state index contributed by atoms with van der Waals surface area (Å²) in [5.74, 6) is 1.50. The van der Waals surface area contributed by atoms with Gasteiger partial charge in [0.05, 0.1) is 0 Å². The van der Waals surface area contributed by atoms with E-state index in [9.17, 15) is 4.79 Å². The average Bonchev–Trinajstić information content (AvgIpc) is 2.94. The Morgan fingerprint density at radius 1 is 1.25 bits per heavy atom. The van der Waals surface area contributed by atoms with Crippen LogP contribution in [0.4, 0.5) is 5.69 Å². The lowest BCUT2D eigenvalue weighted by Gasteiger charge is -2.09. The quantitative estimate of drug-likeness (QED) is 0.639. The molecule has 2 aromatic heterocycles. The third kappa shape index (κ3) is 5.26. The van der Waals surface area contributed by atoms with Gasteiger partial charge in [0, 0.05) is 35.0 Å². The third-order valence-corrected chi connectivity index (χ3v) is 5.32. The first-order valence-electron chi connectivity index (χ1n) is 8.84. The van der Waals surface area contributed by atoms with E-state index in [0.29, 0.717) is 27.6 Å². The largest absolute Gasteiger partial charge is 0.326 e. The van der Waals surface area contributed by atoms with Gasteiger partial charge in [-0.25, -0.2) is 4.98 Å². The second kappa shape index (κ2) is 8.66. The summed E-state index contributed by atoms with van der Waals surface area (Å²) in [6.07, 6.45) is 2.61. The zero-order chi connectivity index (χ0) is 20.3. The van der Waals surface area contributed by atoms with Crippen LogP contribution in [0.25, 0.3) is 5.95 Å². The van der Waals surface area contributed by atoms with Gasteiger partial charge in [-0.15, -0.1) is 11.3 Å². The Morgan fingerprint density at radius 2 is 1.96 bits per heavy atom. The maximum absolute atomic E-state index is 11.2. The summed E-state index contributed by atoms with van der Waals surface area (Å²) in [4.78, 5) is 27.3. The molecule has 0 fully saturated rings. The van der Waals surface area contributed by atoms with E-state index in [1.165, 1.54) is 30.0 Å². The van der Waals surface area contributed by atoms with Crippen LogP contribution in [0.2, 0.25) is 0 Å². The number of hydrogen-bond acceptors (Lipinski definition) is 7. The molecule has 1 aromatic carbocycles. The van der Waals surface area contributed by atoms with Crippen LogP contribution in [0, 0.1) is 18.3 Å². The van der Waals surface area contributed by atoms with E-state index >= 15 is 0 Å². The van der Waals surface area contributed by atoms with Crippen molar-refractivity contribution in [2.75, 3.05) is 5.32 Å². The molecule has 0 bridgehead atoms. The van der Waals surface area contributed by atoms with E-state index < -0.39 is 0 Å². The lowest BCUT2D eigenvalue weighted by atomic mass is 10.1. The number of aryl methyl sites for hydroxylation is 1. The lowest BCUT2D eigenvalue weighted by molar-refractivity contribution is -0.114. The molecule has 0 spiro atoms. The van der Waals surface area contributed by atoms with Gasteiger partial charge in [0.25, 0.3) is 0 Å². The van der Waals surface area contributed by atoms with Gasteiger partial charge in [-0.2, -0.15) is 9.97 Å². The van der Waals surface area contributed by atoms with Crippen molar-refractivity contribution in [2.24, 2.45) is 5.92 Å². The third-order valence-electron chi connectivity index (χ3n) is 3.63. The molecule has 0 aliphatic heterocycles. The molecule has 2 heterocycles. The topological polar surface area (TPSA) is 96.5 Å². The number of anilines is 1. The number of carbonyl (C=O) groups is 1. The molecule has 0 unspecified atom stereocenters. The highest BCUT2D eigenvalue weighted by atomic mass is 32.2. The van der Waals surface area contributed by atoms with Gasteiger partial charge in [-0.1, -0.05) is 13.8 Å². The molecule has 3 rings (SSSR count). The molecule has 28 heavy (non-hydrogen) atoms. The smallest absolute Gasteiger partial charge is 0.240 e. The van der Waals surface area contributed by atoms with E-state index in [1.807, 2.05) is 37.4 Å². The minimum Gasteiger partial charge on any atom is -0.326 e. The first-order chi connectivity index (χ1) is 13.3. The molecule has 0 aliphatic rings. The molecular formula is C19H22N6OS2. The Bertz CT molecular complexity index is 1040. The number of carbonyl (C=O) groups excluding carboxylic acids is 1. The first-order valence-corrected chi connectivity index (χ1v) is 10.5. The summed E-state index contributed by atoms with van der Waals surface area (Å²) < 4.78 is 1.69. The molecule has 2 N–H and O–H groups in total. The highest BCUT2D eigenvalue weighted by Gasteiger charge is 2.12. The molecule has 9 heteroatoms. The normalized spacial score (nSPS) is 11.0. The minimum absolute atomic E-state index is 0.102. The Kier molecular flexibility index (Phi) is 6.25. The maximum Gasteiger partial charge on any atom is 0.240 e. The molecule has 146 valence electrons. The Labute approximate surface area is 171 Å². The summed E-state index contributed by atoms with van der Waals surface area (Å²) >= 11 is 2.82. The van der Waals surface area contributed by atoms with Gasteiger partial charge in [-0.3, -0.25) is 14.8 Å². The van der Waals surface area contributed by atoms with Crippen molar-refractivity contribution in [1.29, 1.82) is 5.41 Å². The molecule has 0 saturated heterocycles. The van der Waals surface area contributed by atoms with Gasteiger partial charge >= 0.3 is 0 Å². The minimum atomic E-state index is -0.102. The maximum atomic E-state index is 11.2. The Hall–Kier alpha value is -2.52. The van der Waals surface area contributed by atoms with E-state index in [0.717, 1.165) is 21.9 Å². The number of hydrogen-bond donors (Lipinski definition) is 2. The number of nitrogens with zero attached hydrogens (tertiary/aromatic N) is 4. The standard InChI is InChI=1S/C19H22N6OS2/c1-11(2)9-16-22-18(25-10-12(3)27-17(25)20)24-19(23-16)28-15-7-5-14(6-8-15)21-13(4)26/h5-8,10-11,20H,9H2,1-4H3,(H,21,26). The zero-order valence-electron chi connectivity index (χ0n) is 16.2. The van der Waals surface area contributed by atoms with Crippen LogP contribution in [0.5, 0.6) is 0 Å². The number of benzene rings is 1. The Morgan fingerprint density at radius 3 is 2.54 bits per heavy atom. The number of rotatable bonds is 6. The van der Waals surface area contributed by atoms with Crippen LogP contribution in [-0.4, -0.2) is 25.4 Å². The number of aromatic nitrogens is 4. The van der Waals surface area contributed by atoms with Crippen molar-refractivity contribution in [3.63, 3.8) is 0 Å². The number of nitrogens with one attached hydrogen (secondary N) is 2. The van der Waals surface area contributed by atoms with Gasteiger partial charge < -0.3 is 5.32 Å².